The number of fused-ring (bicyclic) bond motifs is 2. The van der Waals surface area contributed by atoms with Gasteiger partial charge in [-0.15, -0.1) is 0 Å². The van der Waals surface area contributed by atoms with Gasteiger partial charge in [0.1, 0.15) is 0 Å². The number of nitrogens with one attached hydrogen (secondary N) is 1. The van der Waals surface area contributed by atoms with Gasteiger partial charge >= 0.3 is 5.97 Å². The molecule has 0 aromatic carbocycles. The molecule has 2 aliphatic rings. The van der Waals surface area contributed by atoms with Crippen LogP contribution in [0.2, 0.25) is 0 Å². The van der Waals surface area contributed by atoms with Crippen LogP contribution in [0.4, 0.5) is 0 Å². The molecule has 1 aliphatic carbocycles. The number of carbonyl (C=O) groups is 1. The van der Waals surface area contributed by atoms with Crippen LogP contribution < -0.4 is 5.32 Å². The fourth-order valence-electron chi connectivity index (χ4n) is 2.81. The highest BCUT2D eigenvalue weighted by Gasteiger charge is 2.48. The van der Waals surface area contributed by atoms with Crippen molar-refractivity contribution >= 4 is 5.97 Å². The number of esters is 1. The summed E-state index contributed by atoms with van der Waals surface area (Å²) in [6, 6.07) is 0. The van der Waals surface area contributed by atoms with E-state index in [-0.39, 0.29) is 23.4 Å². The summed E-state index contributed by atoms with van der Waals surface area (Å²) in [6.07, 6.45) is 2.00. The van der Waals surface area contributed by atoms with Crippen LogP contribution in [0, 0.1) is 11.3 Å². The zero-order valence-corrected chi connectivity index (χ0v) is 9.16. The van der Waals surface area contributed by atoms with Gasteiger partial charge in [-0.2, -0.15) is 0 Å². The SMILES string of the molecule is CCOC(=O)[C@]12CC[C@H](O)[C@H](CNC1)C2. The minimum Gasteiger partial charge on any atom is -0.466 e. The van der Waals surface area contributed by atoms with E-state index >= 15 is 0 Å². The van der Waals surface area contributed by atoms with Gasteiger partial charge in [-0.25, -0.2) is 0 Å². The van der Waals surface area contributed by atoms with Crippen molar-refractivity contribution in [3.05, 3.63) is 0 Å². The second-order valence-corrected chi connectivity index (χ2v) is 4.70. The lowest BCUT2D eigenvalue weighted by molar-refractivity contribution is -0.162. The Morgan fingerprint density at radius 3 is 3.20 bits per heavy atom. The van der Waals surface area contributed by atoms with Crippen LogP contribution in [-0.4, -0.2) is 36.9 Å². The third kappa shape index (κ3) is 1.88. The van der Waals surface area contributed by atoms with Gasteiger partial charge in [0, 0.05) is 13.1 Å². The Kier molecular flexibility index (Phi) is 2.98. The molecule has 1 saturated carbocycles. The van der Waals surface area contributed by atoms with Gasteiger partial charge in [0.2, 0.25) is 0 Å². The van der Waals surface area contributed by atoms with Crippen LogP contribution in [0.25, 0.3) is 0 Å². The van der Waals surface area contributed by atoms with Crippen molar-refractivity contribution in [1.29, 1.82) is 0 Å². The molecule has 1 heterocycles. The van der Waals surface area contributed by atoms with Crippen molar-refractivity contribution in [3.8, 4) is 0 Å². The summed E-state index contributed by atoms with van der Waals surface area (Å²) in [5.41, 5.74) is -0.363. The minimum atomic E-state index is -0.363. The highest BCUT2D eigenvalue weighted by atomic mass is 16.5. The third-order valence-corrected chi connectivity index (χ3v) is 3.69. The number of hydrogen-bond donors (Lipinski definition) is 2. The van der Waals surface area contributed by atoms with E-state index in [9.17, 15) is 9.90 Å². The van der Waals surface area contributed by atoms with Gasteiger partial charge in [-0.3, -0.25) is 4.79 Å². The van der Waals surface area contributed by atoms with Crippen LogP contribution in [0.1, 0.15) is 26.2 Å². The van der Waals surface area contributed by atoms with Crippen LogP contribution in [0.15, 0.2) is 0 Å². The molecule has 0 aromatic rings. The standard InChI is InChI=1S/C11H19NO3/c1-2-15-10(14)11-4-3-9(13)8(5-11)6-12-7-11/h8-9,12-13H,2-7H2,1H3/t8-,9-,11-/m0/s1. The molecule has 0 radical (unpaired) electrons. The topological polar surface area (TPSA) is 58.6 Å². The van der Waals surface area contributed by atoms with Crippen LogP contribution in [0.5, 0.6) is 0 Å². The molecule has 0 spiro atoms. The predicted octanol–water partition coefficient (Wildman–Crippen LogP) is 0.300. The molecule has 2 bridgehead atoms. The van der Waals surface area contributed by atoms with Gasteiger partial charge < -0.3 is 15.2 Å². The van der Waals surface area contributed by atoms with Crippen LogP contribution in [-0.2, 0) is 9.53 Å². The van der Waals surface area contributed by atoms with Gasteiger partial charge in [0.05, 0.1) is 18.1 Å². The Labute approximate surface area is 90.0 Å². The first-order valence-electron chi connectivity index (χ1n) is 5.74. The molecule has 15 heavy (non-hydrogen) atoms. The summed E-state index contributed by atoms with van der Waals surface area (Å²) in [4.78, 5) is 11.9. The fourth-order valence-corrected chi connectivity index (χ4v) is 2.81. The Hall–Kier alpha value is -0.610. The van der Waals surface area contributed by atoms with Gasteiger partial charge in [-0.05, 0) is 32.1 Å². The summed E-state index contributed by atoms with van der Waals surface area (Å²) in [7, 11) is 0. The summed E-state index contributed by atoms with van der Waals surface area (Å²) >= 11 is 0. The quantitative estimate of drug-likeness (QED) is 0.648. The fraction of sp³-hybridized carbons (Fsp3) is 0.909. The molecule has 86 valence electrons. The first kappa shape index (κ1) is 10.9. The number of carbonyl (C=O) groups excluding carboxylic acids is 1. The van der Waals surface area contributed by atoms with Gasteiger partial charge in [0.25, 0.3) is 0 Å². The van der Waals surface area contributed by atoms with Gasteiger partial charge in [-0.1, -0.05) is 0 Å². The van der Waals surface area contributed by atoms with Gasteiger partial charge in [0.15, 0.2) is 0 Å². The van der Waals surface area contributed by atoms with E-state index in [1.807, 2.05) is 6.92 Å². The van der Waals surface area contributed by atoms with Crippen molar-refractivity contribution in [3.63, 3.8) is 0 Å². The number of aliphatic hydroxyl groups excluding tert-OH is 1. The maximum atomic E-state index is 11.9. The number of hydrogen-bond acceptors (Lipinski definition) is 4. The lowest BCUT2D eigenvalue weighted by Gasteiger charge is -2.45. The molecule has 0 amide bonds. The van der Waals surface area contributed by atoms with Crippen molar-refractivity contribution < 1.29 is 14.6 Å². The lowest BCUT2D eigenvalue weighted by atomic mass is 9.66. The lowest BCUT2D eigenvalue weighted by Crippen LogP contribution is -2.55. The maximum Gasteiger partial charge on any atom is 0.313 e. The molecule has 0 unspecified atom stereocenters. The number of aliphatic hydroxyl groups is 1. The normalized spacial score (nSPS) is 39.9. The van der Waals surface area contributed by atoms with E-state index in [0.717, 1.165) is 25.8 Å². The van der Waals surface area contributed by atoms with Crippen LogP contribution in [0.3, 0.4) is 0 Å². The predicted molar refractivity (Wildman–Crippen MR) is 55.3 cm³/mol. The van der Waals surface area contributed by atoms with E-state index < -0.39 is 0 Å². The summed E-state index contributed by atoms with van der Waals surface area (Å²) in [5, 5.41) is 13.0. The molecular formula is C11H19NO3. The smallest absolute Gasteiger partial charge is 0.313 e. The summed E-state index contributed by atoms with van der Waals surface area (Å²) in [6.45, 7) is 3.80. The molecule has 2 rings (SSSR count). The van der Waals surface area contributed by atoms with Crippen LogP contribution >= 0.6 is 0 Å². The molecule has 2 N–H and O–H groups in total. The summed E-state index contributed by atoms with van der Waals surface area (Å²) < 4.78 is 5.13. The number of ether oxygens (including phenoxy) is 1. The average molecular weight is 213 g/mol. The van der Waals surface area contributed by atoms with E-state index in [2.05, 4.69) is 5.32 Å². The molecule has 0 aromatic heterocycles. The van der Waals surface area contributed by atoms with Crippen molar-refractivity contribution in [1.82, 2.24) is 5.32 Å². The third-order valence-electron chi connectivity index (χ3n) is 3.69. The van der Waals surface area contributed by atoms with E-state index in [1.165, 1.54) is 0 Å². The number of piperidine rings is 1. The Balaban J connectivity index is 2.10. The molecule has 1 aliphatic heterocycles. The van der Waals surface area contributed by atoms with Crippen molar-refractivity contribution in [2.24, 2.45) is 11.3 Å². The molecule has 4 heteroatoms. The van der Waals surface area contributed by atoms with Crippen molar-refractivity contribution in [2.75, 3.05) is 19.7 Å². The minimum absolute atomic E-state index is 0.0888. The summed E-state index contributed by atoms with van der Waals surface area (Å²) in [5.74, 6) is 0.131. The monoisotopic (exact) mass is 213 g/mol. The first-order chi connectivity index (χ1) is 7.18. The first-order valence-corrected chi connectivity index (χ1v) is 5.74. The highest BCUT2D eigenvalue weighted by molar-refractivity contribution is 5.77. The number of rotatable bonds is 2. The second-order valence-electron chi connectivity index (χ2n) is 4.70. The molecule has 1 saturated heterocycles. The molecule has 3 atom stereocenters. The second kappa shape index (κ2) is 4.10. The molecule has 4 nitrogen and oxygen atoms in total. The van der Waals surface area contributed by atoms with E-state index in [4.69, 9.17) is 4.74 Å². The molecule has 2 fully saturated rings. The average Bonchev–Trinajstić information content (AvgIpc) is 2.25. The van der Waals surface area contributed by atoms with Crippen molar-refractivity contribution in [2.45, 2.75) is 32.3 Å². The molecular weight excluding hydrogens is 194 g/mol. The zero-order valence-electron chi connectivity index (χ0n) is 9.16. The Morgan fingerprint density at radius 2 is 2.47 bits per heavy atom. The largest absolute Gasteiger partial charge is 0.466 e. The zero-order chi connectivity index (χ0) is 10.9. The van der Waals surface area contributed by atoms with E-state index in [0.29, 0.717) is 13.2 Å². The Morgan fingerprint density at radius 1 is 1.67 bits per heavy atom. The van der Waals surface area contributed by atoms with E-state index in [1.54, 1.807) is 0 Å². The highest BCUT2D eigenvalue weighted by Crippen LogP contribution is 2.42. The maximum absolute atomic E-state index is 11.9. The Bertz CT molecular complexity index is 256.